The van der Waals surface area contributed by atoms with Crippen molar-refractivity contribution in [3.63, 3.8) is 0 Å². The zero-order valence-corrected chi connectivity index (χ0v) is 12.5. The van der Waals surface area contributed by atoms with E-state index in [-0.39, 0.29) is 5.56 Å². The van der Waals surface area contributed by atoms with E-state index in [2.05, 4.69) is 41.1 Å². The fourth-order valence-electron chi connectivity index (χ4n) is 3.01. The first-order chi connectivity index (χ1) is 10.2. The summed E-state index contributed by atoms with van der Waals surface area (Å²) < 4.78 is 1.59. The van der Waals surface area contributed by atoms with Gasteiger partial charge in [-0.1, -0.05) is 18.2 Å². The molecule has 3 aromatic rings. The highest BCUT2D eigenvalue weighted by Crippen LogP contribution is 2.32. The van der Waals surface area contributed by atoms with E-state index in [1.807, 2.05) is 5.38 Å². The summed E-state index contributed by atoms with van der Waals surface area (Å²) in [6.07, 6.45) is 2.82. The zero-order valence-electron chi connectivity index (χ0n) is 11.7. The van der Waals surface area contributed by atoms with Crippen molar-refractivity contribution in [2.75, 3.05) is 4.90 Å². The predicted octanol–water partition coefficient (Wildman–Crippen LogP) is 2.71. The molecule has 0 N–H and O–H groups in total. The molecule has 1 aliphatic rings. The topological polar surface area (TPSA) is 37.6 Å². The summed E-state index contributed by atoms with van der Waals surface area (Å²) in [7, 11) is 0. The van der Waals surface area contributed by atoms with Crippen LogP contribution in [-0.4, -0.2) is 15.4 Å². The Hall–Kier alpha value is -2.14. The molecule has 0 saturated heterocycles. The number of nitrogens with zero attached hydrogens (tertiary/aromatic N) is 3. The third-order valence-electron chi connectivity index (χ3n) is 4.04. The number of para-hydroxylation sites is 1. The lowest BCUT2D eigenvalue weighted by atomic mass is 10.1. The van der Waals surface area contributed by atoms with Crippen LogP contribution in [-0.2, 0) is 13.0 Å². The van der Waals surface area contributed by atoms with Crippen LogP contribution in [0.4, 0.5) is 5.69 Å². The normalized spacial score (nSPS) is 17.4. The molecule has 0 bridgehead atoms. The van der Waals surface area contributed by atoms with Gasteiger partial charge in [-0.3, -0.25) is 9.20 Å². The maximum absolute atomic E-state index is 12.1. The van der Waals surface area contributed by atoms with E-state index in [0.717, 1.165) is 17.1 Å². The van der Waals surface area contributed by atoms with Gasteiger partial charge in [-0.25, -0.2) is 4.98 Å². The summed E-state index contributed by atoms with van der Waals surface area (Å²) in [5, 5.41) is 1.89. The highest BCUT2D eigenvalue weighted by Gasteiger charge is 2.25. The van der Waals surface area contributed by atoms with E-state index in [1.54, 1.807) is 16.7 Å². The number of hydrogen-bond acceptors (Lipinski definition) is 4. The van der Waals surface area contributed by atoms with Crippen LogP contribution in [0.3, 0.4) is 0 Å². The number of anilines is 1. The molecule has 0 spiro atoms. The third kappa shape index (κ3) is 2.05. The van der Waals surface area contributed by atoms with Crippen molar-refractivity contribution in [2.45, 2.75) is 25.9 Å². The molecule has 1 atom stereocenters. The van der Waals surface area contributed by atoms with Crippen molar-refractivity contribution < 1.29 is 0 Å². The highest BCUT2D eigenvalue weighted by molar-refractivity contribution is 7.15. The molecule has 1 aliphatic heterocycles. The highest BCUT2D eigenvalue weighted by atomic mass is 32.1. The van der Waals surface area contributed by atoms with Gasteiger partial charge in [0.15, 0.2) is 4.96 Å². The monoisotopic (exact) mass is 297 g/mol. The minimum atomic E-state index is -0.00335. The molecule has 4 nitrogen and oxygen atoms in total. The first kappa shape index (κ1) is 12.6. The maximum atomic E-state index is 12.1. The Morgan fingerprint density at radius 3 is 3.14 bits per heavy atom. The predicted molar refractivity (Wildman–Crippen MR) is 85.1 cm³/mol. The van der Waals surface area contributed by atoms with Crippen molar-refractivity contribution in [3.8, 4) is 0 Å². The van der Waals surface area contributed by atoms with E-state index >= 15 is 0 Å². The van der Waals surface area contributed by atoms with Crippen LogP contribution in [0.1, 0.15) is 18.2 Å². The van der Waals surface area contributed by atoms with Gasteiger partial charge >= 0.3 is 0 Å². The van der Waals surface area contributed by atoms with Gasteiger partial charge in [-0.2, -0.15) is 0 Å². The molecular weight excluding hydrogens is 282 g/mol. The van der Waals surface area contributed by atoms with Gasteiger partial charge in [0.25, 0.3) is 5.56 Å². The van der Waals surface area contributed by atoms with E-state index in [9.17, 15) is 4.79 Å². The molecule has 1 aromatic carbocycles. The summed E-state index contributed by atoms with van der Waals surface area (Å²) in [6.45, 7) is 2.90. The van der Waals surface area contributed by atoms with E-state index in [4.69, 9.17) is 0 Å². The quantitative estimate of drug-likeness (QED) is 0.730. The second-order valence-corrected chi connectivity index (χ2v) is 6.32. The summed E-state index contributed by atoms with van der Waals surface area (Å²) >= 11 is 1.49. The zero-order chi connectivity index (χ0) is 14.4. The molecule has 0 radical (unpaired) electrons. The Morgan fingerprint density at radius 1 is 1.38 bits per heavy atom. The lowest BCUT2D eigenvalue weighted by Gasteiger charge is -2.24. The summed E-state index contributed by atoms with van der Waals surface area (Å²) in [4.78, 5) is 19.8. The maximum Gasteiger partial charge on any atom is 0.258 e. The molecule has 4 rings (SSSR count). The molecule has 2 aromatic heterocycles. The van der Waals surface area contributed by atoms with Crippen molar-refractivity contribution in [3.05, 3.63) is 63.5 Å². The van der Waals surface area contributed by atoms with E-state index in [0.29, 0.717) is 12.6 Å². The Labute approximate surface area is 126 Å². The Balaban J connectivity index is 1.73. The van der Waals surface area contributed by atoms with Crippen molar-refractivity contribution >= 4 is 22.0 Å². The van der Waals surface area contributed by atoms with Crippen LogP contribution in [0.5, 0.6) is 0 Å². The molecule has 106 valence electrons. The lowest BCUT2D eigenvalue weighted by molar-refractivity contribution is 0.664. The standard InChI is InChI=1S/C16H15N3OS/c1-11-8-12-4-2-3-5-14(12)19(11)10-13-9-15(20)18-6-7-21-16(18)17-13/h2-7,9,11H,8,10H2,1H3/t11-/m1/s1. The van der Waals surface area contributed by atoms with Crippen LogP contribution >= 0.6 is 11.3 Å². The summed E-state index contributed by atoms with van der Waals surface area (Å²) in [5.41, 5.74) is 3.47. The van der Waals surface area contributed by atoms with Gasteiger partial charge in [-0.15, -0.1) is 11.3 Å². The van der Waals surface area contributed by atoms with Crippen LogP contribution in [0.25, 0.3) is 4.96 Å². The first-order valence-corrected chi connectivity index (χ1v) is 7.91. The van der Waals surface area contributed by atoms with Gasteiger partial charge < -0.3 is 4.90 Å². The van der Waals surface area contributed by atoms with Gasteiger partial charge in [0.05, 0.1) is 12.2 Å². The number of rotatable bonds is 2. The number of thiazole rings is 1. The summed E-state index contributed by atoms with van der Waals surface area (Å²) in [5.74, 6) is 0. The van der Waals surface area contributed by atoms with Crippen LogP contribution < -0.4 is 10.5 Å². The van der Waals surface area contributed by atoms with E-state index < -0.39 is 0 Å². The lowest BCUT2D eigenvalue weighted by Crippen LogP contribution is -2.29. The van der Waals surface area contributed by atoms with Crippen LogP contribution in [0.2, 0.25) is 0 Å². The Bertz CT molecular complexity index is 867. The smallest absolute Gasteiger partial charge is 0.258 e. The fourth-order valence-corrected chi connectivity index (χ4v) is 3.75. The number of aromatic nitrogens is 2. The minimum absolute atomic E-state index is 0.00335. The molecule has 0 aliphatic carbocycles. The fraction of sp³-hybridized carbons (Fsp3) is 0.250. The van der Waals surface area contributed by atoms with Crippen molar-refractivity contribution in [1.82, 2.24) is 9.38 Å². The molecule has 21 heavy (non-hydrogen) atoms. The average molecular weight is 297 g/mol. The van der Waals surface area contributed by atoms with Gasteiger partial charge in [0.2, 0.25) is 0 Å². The average Bonchev–Trinajstić information content (AvgIpc) is 3.05. The van der Waals surface area contributed by atoms with E-state index in [1.165, 1.54) is 22.6 Å². The van der Waals surface area contributed by atoms with Gasteiger partial charge in [0.1, 0.15) is 0 Å². The second kappa shape index (κ2) is 4.70. The van der Waals surface area contributed by atoms with Crippen molar-refractivity contribution in [2.24, 2.45) is 0 Å². The molecular formula is C16H15N3OS. The SMILES string of the molecule is C[C@@H]1Cc2ccccc2N1Cc1cc(=O)n2ccsc2n1. The molecule has 0 unspecified atom stereocenters. The van der Waals surface area contributed by atoms with Gasteiger partial charge in [0, 0.05) is 29.4 Å². The number of hydrogen-bond donors (Lipinski definition) is 0. The molecule has 3 heterocycles. The Morgan fingerprint density at radius 2 is 2.24 bits per heavy atom. The number of fused-ring (bicyclic) bond motifs is 2. The van der Waals surface area contributed by atoms with Gasteiger partial charge in [-0.05, 0) is 25.0 Å². The molecule has 0 saturated carbocycles. The molecule has 0 amide bonds. The molecule has 5 heteroatoms. The largest absolute Gasteiger partial charge is 0.362 e. The van der Waals surface area contributed by atoms with Crippen molar-refractivity contribution in [1.29, 1.82) is 0 Å². The first-order valence-electron chi connectivity index (χ1n) is 7.03. The summed E-state index contributed by atoms with van der Waals surface area (Å²) in [6, 6.07) is 10.6. The van der Waals surface area contributed by atoms with Crippen LogP contribution in [0.15, 0.2) is 46.7 Å². The third-order valence-corrected chi connectivity index (χ3v) is 4.79. The molecule has 0 fully saturated rings. The second-order valence-electron chi connectivity index (χ2n) is 5.45. The Kier molecular flexibility index (Phi) is 2.82. The van der Waals surface area contributed by atoms with Crippen LogP contribution in [0, 0.1) is 0 Å². The number of benzene rings is 1. The minimum Gasteiger partial charge on any atom is -0.362 e.